The van der Waals surface area contributed by atoms with E-state index in [-0.39, 0.29) is 6.61 Å². The molecule has 1 aromatic rings. The van der Waals surface area contributed by atoms with Crippen LogP contribution in [-0.2, 0) is 16.0 Å². The molecule has 1 aromatic carbocycles. The third-order valence-electron chi connectivity index (χ3n) is 1.90. The van der Waals surface area contributed by atoms with Crippen LogP contribution in [0.2, 0.25) is 0 Å². The lowest BCUT2D eigenvalue weighted by molar-refractivity contribution is -0.136. The van der Waals surface area contributed by atoms with E-state index in [0.717, 1.165) is 5.56 Å². The van der Waals surface area contributed by atoms with E-state index in [4.69, 9.17) is 10.5 Å². The van der Waals surface area contributed by atoms with Crippen LogP contribution in [0.15, 0.2) is 54.8 Å². The van der Waals surface area contributed by atoms with Gasteiger partial charge in [0.15, 0.2) is 0 Å². The first-order valence-corrected chi connectivity index (χ1v) is 5.00. The minimum Gasteiger partial charge on any atom is -0.458 e. The Morgan fingerprint density at radius 1 is 1.38 bits per heavy atom. The predicted octanol–water partition coefficient (Wildman–Crippen LogP) is 1.80. The lowest BCUT2D eigenvalue weighted by atomic mass is 10.1. The fourth-order valence-electron chi connectivity index (χ4n) is 1.22. The minimum absolute atomic E-state index is 0.202. The molecule has 0 bridgehead atoms. The number of hydrogen-bond donors (Lipinski definition) is 1. The second-order valence-electron chi connectivity index (χ2n) is 3.30. The highest BCUT2D eigenvalue weighted by molar-refractivity contribution is 5.82. The Bertz CT molecular complexity index is 382. The number of nitrogens with two attached hydrogens (primary N) is 1. The van der Waals surface area contributed by atoms with Crippen LogP contribution >= 0.6 is 0 Å². The van der Waals surface area contributed by atoms with E-state index in [1.807, 2.05) is 30.3 Å². The molecule has 0 aliphatic rings. The number of hydrogen-bond acceptors (Lipinski definition) is 3. The summed E-state index contributed by atoms with van der Waals surface area (Å²) in [6, 6.07) is 9.70. The Labute approximate surface area is 95.2 Å². The van der Waals surface area contributed by atoms with Crippen molar-refractivity contribution in [3.05, 3.63) is 60.3 Å². The van der Waals surface area contributed by atoms with E-state index in [1.165, 1.54) is 12.2 Å². The van der Waals surface area contributed by atoms with Crippen molar-refractivity contribution >= 4 is 5.97 Å². The summed E-state index contributed by atoms with van der Waals surface area (Å²) in [7, 11) is 0. The van der Waals surface area contributed by atoms with Crippen molar-refractivity contribution in [2.45, 2.75) is 6.42 Å². The van der Waals surface area contributed by atoms with Crippen LogP contribution in [0.3, 0.4) is 0 Å². The van der Waals surface area contributed by atoms with Crippen molar-refractivity contribution in [1.82, 2.24) is 0 Å². The second kappa shape index (κ2) is 6.45. The van der Waals surface area contributed by atoms with E-state index in [2.05, 4.69) is 6.58 Å². The van der Waals surface area contributed by atoms with Crippen LogP contribution < -0.4 is 5.73 Å². The monoisotopic (exact) mass is 217 g/mol. The average molecular weight is 217 g/mol. The van der Waals surface area contributed by atoms with Gasteiger partial charge in [0.2, 0.25) is 0 Å². The number of benzene rings is 1. The van der Waals surface area contributed by atoms with Crippen LogP contribution in [0.5, 0.6) is 0 Å². The lowest BCUT2D eigenvalue weighted by Crippen LogP contribution is -2.08. The summed E-state index contributed by atoms with van der Waals surface area (Å²) < 4.78 is 4.79. The molecule has 3 heteroatoms. The molecule has 0 radical (unpaired) electrons. The SMILES string of the molecule is C=CCOC(=O)C=C(N)Cc1ccccc1. The Morgan fingerprint density at radius 2 is 2.06 bits per heavy atom. The van der Waals surface area contributed by atoms with E-state index < -0.39 is 5.97 Å². The molecule has 0 spiro atoms. The summed E-state index contributed by atoms with van der Waals surface area (Å²) >= 11 is 0. The lowest BCUT2D eigenvalue weighted by Gasteiger charge is -2.02. The maximum Gasteiger partial charge on any atom is 0.332 e. The Morgan fingerprint density at radius 3 is 2.69 bits per heavy atom. The maximum atomic E-state index is 11.2. The first kappa shape index (κ1) is 12.0. The van der Waals surface area contributed by atoms with Gasteiger partial charge in [0, 0.05) is 18.2 Å². The highest BCUT2D eigenvalue weighted by Gasteiger charge is 2.00. The third kappa shape index (κ3) is 4.46. The van der Waals surface area contributed by atoms with Gasteiger partial charge in [-0.3, -0.25) is 0 Å². The van der Waals surface area contributed by atoms with Crippen molar-refractivity contribution in [3.8, 4) is 0 Å². The topological polar surface area (TPSA) is 52.3 Å². The van der Waals surface area contributed by atoms with Crippen molar-refractivity contribution in [2.24, 2.45) is 5.73 Å². The number of carbonyl (C=O) groups is 1. The minimum atomic E-state index is -0.437. The van der Waals surface area contributed by atoms with Crippen LogP contribution in [0.25, 0.3) is 0 Å². The number of carbonyl (C=O) groups excluding carboxylic acids is 1. The average Bonchev–Trinajstić information content (AvgIpc) is 2.27. The molecule has 0 fully saturated rings. The first-order chi connectivity index (χ1) is 7.72. The number of ether oxygens (including phenoxy) is 1. The van der Waals surface area contributed by atoms with E-state index in [9.17, 15) is 4.79 Å². The summed E-state index contributed by atoms with van der Waals surface area (Å²) in [6.07, 6.45) is 3.36. The Kier molecular flexibility index (Phi) is 4.86. The molecule has 0 heterocycles. The van der Waals surface area contributed by atoms with E-state index >= 15 is 0 Å². The molecule has 3 nitrogen and oxygen atoms in total. The fourth-order valence-corrected chi connectivity index (χ4v) is 1.22. The molecule has 1 rings (SSSR count). The molecular formula is C13H15NO2. The molecule has 0 unspecified atom stereocenters. The van der Waals surface area contributed by atoms with E-state index in [1.54, 1.807) is 0 Å². The summed E-state index contributed by atoms with van der Waals surface area (Å²) in [5.41, 5.74) is 7.26. The van der Waals surface area contributed by atoms with Gasteiger partial charge in [-0.05, 0) is 5.56 Å². The van der Waals surface area contributed by atoms with Gasteiger partial charge >= 0.3 is 5.97 Å². The quantitative estimate of drug-likeness (QED) is 0.465. The fraction of sp³-hybridized carbons (Fsp3) is 0.154. The molecule has 0 aliphatic carbocycles. The van der Waals surface area contributed by atoms with Crippen molar-refractivity contribution < 1.29 is 9.53 Å². The van der Waals surface area contributed by atoms with Gasteiger partial charge in [-0.2, -0.15) is 0 Å². The van der Waals surface area contributed by atoms with Crippen molar-refractivity contribution in [3.63, 3.8) is 0 Å². The van der Waals surface area contributed by atoms with E-state index in [0.29, 0.717) is 12.1 Å². The molecule has 0 amide bonds. The summed E-state index contributed by atoms with van der Waals surface area (Å²) in [4.78, 5) is 11.2. The van der Waals surface area contributed by atoms with Gasteiger partial charge in [-0.1, -0.05) is 43.0 Å². The molecule has 2 N–H and O–H groups in total. The highest BCUT2D eigenvalue weighted by Crippen LogP contribution is 2.03. The molecule has 84 valence electrons. The standard InChI is InChI=1S/C13H15NO2/c1-2-8-16-13(15)10-12(14)9-11-6-4-3-5-7-11/h2-7,10H,1,8-9,14H2. The normalized spacial score (nSPS) is 10.9. The summed E-state index contributed by atoms with van der Waals surface area (Å²) in [5, 5.41) is 0. The van der Waals surface area contributed by atoms with Gasteiger partial charge in [-0.25, -0.2) is 4.79 Å². The zero-order valence-corrected chi connectivity index (χ0v) is 9.06. The Balaban J connectivity index is 2.51. The van der Waals surface area contributed by atoms with Gasteiger partial charge in [0.25, 0.3) is 0 Å². The Hall–Kier alpha value is -2.03. The first-order valence-electron chi connectivity index (χ1n) is 5.00. The van der Waals surface area contributed by atoms with Crippen LogP contribution in [-0.4, -0.2) is 12.6 Å². The molecule has 0 saturated carbocycles. The van der Waals surface area contributed by atoms with Gasteiger partial charge in [0.05, 0.1) is 0 Å². The maximum absolute atomic E-state index is 11.2. The summed E-state index contributed by atoms with van der Waals surface area (Å²) in [5.74, 6) is -0.437. The molecule has 16 heavy (non-hydrogen) atoms. The number of allylic oxidation sites excluding steroid dienone is 1. The van der Waals surface area contributed by atoms with Crippen molar-refractivity contribution in [2.75, 3.05) is 6.61 Å². The van der Waals surface area contributed by atoms with Crippen molar-refractivity contribution in [1.29, 1.82) is 0 Å². The molecule has 0 atom stereocenters. The number of esters is 1. The smallest absolute Gasteiger partial charge is 0.332 e. The summed E-state index contributed by atoms with van der Waals surface area (Å²) in [6.45, 7) is 3.65. The number of rotatable bonds is 5. The molecule has 0 aromatic heterocycles. The predicted molar refractivity (Wildman–Crippen MR) is 63.6 cm³/mol. The van der Waals surface area contributed by atoms with Gasteiger partial charge in [0.1, 0.15) is 6.61 Å². The molecule has 0 aliphatic heterocycles. The van der Waals surface area contributed by atoms with Crippen LogP contribution in [0.4, 0.5) is 0 Å². The van der Waals surface area contributed by atoms with Gasteiger partial charge < -0.3 is 10.5 Å². The molecule has 0 saturated heterocycles. The van der Waals surface area contributed by atoms with Crippen LogP contribution in [0, 0.1) is 0 Å². The van der Waals surface area contributed by atoms with Crippen LogP contribution in [0.1, 0.15) is 5.56 Å². The second-order valence-corrected chi connectivity index (χ2v) is 3.30. The zero-order valence-electron chi connectivity index (χ0n) is 9.06. The molecular weight excluding hydrogens is 202 g/mol. The third-order valence-corrected chi connectivity index (χ3v) is 1.90. The highest BCUT2D eigenvalue weighted by atomic mass is 16.5. The zero-order chi connectivity index (χ0) is 11.8. The van der Waals surface area contributed by atoms with Gasteiger partial charge in [-0.15, -0.1) is 0 Å². The largest absolute Gasteiger partial charge is 0.458 e.